The van der Waals surface area contributed by atoms with E-state index in [-0.39, 0.29) is 5.91 Å². The molecule has 0 bridgehead atoms. The van der Waals surface area contributed by atoms with E-state index < -0.39 is 0 Å². The molecule has 136 valence electrons. The lowest BCUT2D eigenvalue weighted by Crippen LogP contribution is -2.44. The van der Waals surface area contributed by atoms with E-state index in [1.165, 1.54) is 24.0 Å². The summed E-state index contributed by atoms with van der Waals surface area (Å²) >= 11 is 0. The third-order valence-corrected chi connectivity index (χ3v) is 5.92. The van der Waals surface area contributed by atoms with Crippen LogP contribution in [0.1, 0.15) is 64.0 Å². The van der Waals surface area contributed by atoms with Crippen LogP contribution >= 0.6 is 0 Å². The lowest BCUT2D eigenvalue weighted by atomic mass is 9.93. The first kappa shape index (κ1) is 17.1. The van der Waals surface area contributed by atoms with Crippen molar-refractivity contribution in [2.24, 2.45) is 0 Å². The van der Waals surface area contributed by atoms with E-state index in [0.29, 0.717) is 12.8 Å². The van der Waals surface area contributed by atoms with Crippen molar-refractivity contribution >= 4 is 5.91 Å². The van der Waals surface area contributed by atoms with Gasteiger partial charge in [-0.2, -0.15) is 0 Å². The molecule has 4 heteroatoms. The Hall–Kier alpha value is -2.36. The van der Waals surface area contributed by atoms with E-state index >= 15 is 0 Å². The van der Waals surface area contributed by atoms with Gasteiger partial charge in [-0.1, -0.05) is 18.9 Å². The topological polar surface area (TPSA) is 42.4 Å². The van der Waals surface area contributed by atoms with Gasteiger partial charge in [-0.05, 0) is 74.4 Å². The average Bonchev–Trinajstić information content (AvgIpc) is 3.16. The molecule has 1 aliphatic heterocycles. The van der Waals surface area contributed by atoms with Crippen LogP contribution in [0.2, 0.25) is 0 Å². The molecule has 0 spiro atoms. The molecule has 1 amide bonds. The smallest absolute Gasteiger partial charge is 0.260 e. The highest BCUT2D eigenvalue weighted by atomic mass is 16.5. The molecule has 4 rings (SSSR count). The molecule has 0 saturated heterocycles. The first-order valence-corrected chi connectivity index (χ1v) is 9.53. The molecular formula is C22H26N2O2. The van der Waals surface area contributed by atoms with E-state index in [4.69, 9.17) is 4.74 Å². The van der Waals surface area contributed by atoms with Crippen LogP contribution in [0.15, 0.2) is 24.4 Å². The van der Waals surface area contributed by atoms with Gasteiger partial charge < -0.3 is 9.64 Å². The molecule has 1 aromatic carbocycles. The highest BCUT2D eigenvalue weighted by molar-refractivity contribution is 5.99. The molecule has 0 unspecified atom stereocenters. The number of fused-ring (bicyclic) bond motifs is 1. The Balaban J connectivity index is 1.68. The maximum Gasteiger partial charge on any atom is 0.260 e. The zero-order valence-electron chi connectivity index (χ0n) is 15.8. The van der Waals surface area contributed by atoms with Gasteiger partial charge in [0.15, 0.2) is 6.73 Å². The third-order valence-electron chi connectivity index (χ3n) is 5.92. The van der Waals surface area contributed by atoms with Crippen molar-refractivity contribution in [1.82, 2.24) is 9.88 Å². The minimum atomic E-state index is 0.129. The number of nitrogens with zero attached hydrogens (tertiary/aromatic N) is 2. The molecule has 2 aliphatic rings. The Bertz CT molecular complexity index is 836. The summed E-state index contributed by atoms with van der Waals surface area (Å²) in [5, 5.41) is 0. The van der Waals surface area contributed by atoms with E-state index in [0.717, 1.165) is 47.4 Å². The number of carbonyl (C=O) groups excluding carboxylic acids is 1. The number of amides is 1. The molecule has 4 nitrogen and oxygen atoms in total. The van der Waals surface area contributed by atoms with Gasteiger partial charge in [0, 0.05) is 17.9 Å². The minimum Gasteiger partial charge on any atom is -0.472 e. The molecule has 0 N–H and O–H groups in total. The van der Waals surface area contributed by atoms with Crippen LogP contribution in [0.25, 0.3) is 0 Å². The van der Waals surface area contributed by atoms with Gasteiger partial charge in [-0.15, -0.1) is 0 Å². The van der Waals surface area contributed by atoms with Gasteiger partial charge in [0.1, 0.15) is 5.75 Å². The minimum absolute atomic E-state index is 0.129. The standard InChI is InChI=1S/C22H26N2O2/c1-14-8-9-17(12-23-14)10-18-11-20-21(16(3)15(18)2)26-13-24(22(20)25)19-6-4-5-7-19/h8-9,11-12,19H,4-7,10,13H2,1-3H3. The van der Waals surface area contributed by atoms with Gasteiger partial charge in [-0.3, -0.25) is 9.78 Å². The first-order valence-electron chi connectivity index (χ1n) is 9.53. The quantitative estimate of drug-likeness (QED) is 0.827. The molecule has 2 aromatic rings. The average molecular weight is 350 g/mol. The number of pyridine rings is 1. The van der Waals surface area contributed by atoms with Gasteiger partial charge in [0.05, 0.1) is 5.56 Å². The van der Waals surface area contributed by atoms with Crippen molar-refractivity contribution in [2.45, 2.75) is 58.9 Å². The normalized spacial score (nSPS) is 17.3. The summed E-state index contributed by atoms with van der Waals surface area (Å²) < 4.78 is 6.04. The Labute approximate surface area is 155 Å². The molecule has 0 radical (unpaired) electrons. The van der Waals surface area contributed by atoms with Crippen molar-refractivity contribution in [3.8, 4) is 5.75 Å². The number of hydrogen-bond acceptors (Lipinski definition) is 3. The number of ether oxygens (including phenoxy) is 1. The zero-order chi connectivity index (χ0) is 18.3. The summed E-state index contributed by atoms with van der Waals surface area (Å²) in [7, 11) is 0. The fourth-order valence-corrected chi connectivity index (χ4v) is 4.15. The maximum absolute atomic E-state index is 13.2. The molecule has 0 atom stereocenters. The van der Waals surface area contributed by atoms with E-state index in [1.807, 2.05) is 30.2 Å². The van der Waals surface area contributed by atoms with Crippen LogP contribution in [0.4, 0.5) is 0 Å². The number of aryl methyl sites for hydroxylation is 1. The van der Waals surface area contributed by atoms with Crippen molar-refractivity contribution in [3.63, 3.8) is 0 Å². The van der Waals surface area contributed by atoms with E-state index in [1.54, 1.807) is 0 Å². The highest BCUT2D eigenvalue weighted by Crippen LogP contribution is 2.36. The Kier molecular flexibility index (Phi) is 4.43. The largest absolute Gasteiger partial charge is 0.472 e. The molecule has 1 fully saturated rings. The summed E-state index contributed by atoms with van der Waals surface area (Å²) in [5.74, 6) is 0.900. The molecule has 2 heterocycles. The number of hydrogen-bond donors (Lipinski definition) is 0. The summed E-state index contributed by atoms with van der Waals surface area (Å²) in [6, 6.07) is 6.52. The van der Waals surface area contributed by atoms with Gasteiger partial charge in [0.2, 0.25) is 0 Å². The molecule has 1 aliphatic carbocycles. The van der Waals surface area contributed by atoms with Crippen LogP contribution in [-0.4, -0.2) is 28.6 Å². The summed E-state index contributed by atoms with van der Waals surface area (Å²) in [5.41, 5.74) is 6.36. The number of rotatable bonds is 3. The second-order valence-electron chi connectivity index (χ2n) is 7.63. The Morgan fingerprint density at radius 3 is 2.62 bits per heavy atom. The fourth-order valence-electron chi connectivity index (χ4n) is 4.15. The maximum atomic E-state index is 13.2. The summed E-state index contributed by atoms with van der Waals surface area (Å²) in [4.78, 5) is 19.5. The predicted molar refractivity (Wildman–Crippen MR) is 102 cm³/mol. The van der Waals surface area contributed by atoms with Crippen LogP contribution < -0.4 is 4.74 Å². The number of carbonyl (C=O) groups is 1. The molecule has 1 aromatic heterocycles. The van der Waals surface area contributed by atoms with Crippen molar-refractivity contribution in [3.05, 3.63) is 57.9 Å². The Morgan fingerprint density at radius 2 is 1.92 bits per heavy atom. The summed E-state index contributed by atoms with van der Waals surface area (Å²) in [6.45, 7) is 6.55. The zero-order valence-corrected chi connectivity index (χ0v) is 15.8. The second kappa shape index (κ2) is 6.75. The monoisotopic (exact) mass is 350 g/mol. The number of benzene rings is 1. The SMILES string of the molecule is Cc1ccc(Cc2cc3c(c(C)c2C)OCN(C2CCCC2)C3=O)cn1. The molecule has 1 saturated carbocycles. The van der Waals surface area contributed by atoms with Gasteiger partial charge >= 0.3 is 0 Å². The third kappa shape index (κ3) is 2.98. The van der Waals surface area contributed by atoms with Gasteiger partial charge in [-0.25, -0.2) is 0 Å². The van der Waals surface area contributed by atoms with Crippen LogP contribution in [0.5, 0.6) is 5.75 Å². The van der Waals surface area contributed by atoms with Crippen molar-refractivity contribution in [2.75, 3.05) is 6.73 Å². The van der Waals surface area contributed by atoms with Gasteiger partial charge in [0.25, 0.3) is 5.91 Å². The van der Waals surface area contributed by atoms with Crippen LogP contribution in [0, 0.1) is 20.8 Å². The molecule has 26 heavy (non-hydrogen) atoms. The van der Waals surface area contributed by atoms with Crippen molar-refractivity contribution < 1.29 is 9.53 Å². The Morgan fingerprint density at radius 1 is 1.15 bits per heavy atom. The lowest BCUT2D eigenvalue weighted by Gasteiger charge is -2.34. The predicted octanol–water partition coefficient (Wildman–Crippen LogP) is 4.33. The first-order chi connectivity index (χ1) is 12.5. The van der Waals surface area contributed by atoms with Crippen LogP contribution in [-0.2, 0) is 6.42 Å². The van der Waals surface area contributed by atoms with Crippen LogP contribution in [0.3, 0.4) is 0 Å². The van der Waals surface area contributed by atoms with E-state index in [2.05, 4.69) is 24.9 Å². The number of aromatic nitrogens is 1. The summed E-state index contributed by atoms with van der Waals surface area (Å²) in [6.07, 6.45) is 7.31. The second-order valence-corrected chi connectivity index (χ2v) is 7.63. The molecular weight excluding hydrogens is 324 g/mol. The lowest BCUT2D eigenvalue weighted by molar-refractivity contribution is 0.0388. The fraction of sp³-hybridized carbons (Fsp3) is 0.455. The highest BCUT2D eigenvalue weighted by Gasteiger charge is 2.34. The van der Waals surface area contributed by atoms with Crippen molar-refractivity contribution in [1.29, 1.82) is 0 Å². The van der Waals surface area contributed by atoms with E-state index in [9.17, 15) is 4.79 Å².